The van der Waals surface area contributed by atoms with Crippen LogP contribution in [0.1, 0.15) is 27.7 Å². The molecule has 0 aliphatic heterocycles. The molecule has 0 saturated carbocycles. The molecule has 0 rings (SSSR count). The molecule has 0 atom stereocenters. The minimum Gasteiger partial charge on any atom is -0.299 e. The number of hydrogen-bond donors (Lipinski definition) is 0. The minimum absolute atomic E-state index is 0. The quantitative estimate of drug-likeness (QED) is 0.412. The lowest BCUT2D eigenvalue weighted by molar-refractivity contribution is -0.136. The maximum Gasteiger partial charge on any atom is 0.142 e. The van der Waals surface area contributed by atoms with Crippen LogP contribution >= 0.6 is 0 Å². The van der Waals surface area contributed by atoms with Gasteiger partial charge in [-0.25, -0.2) is 0 Å². The van der Waals surface area contributed by atoms with Crippen molar-refractivity contribution in [2.45, 2.75) is 27.7 Å². The van der Waals surface area contributed by atoms with Crippen molar-refractivity contribution in [1.82, 2.24) is 0 Å². The molecule has 10 heavy (non-hydrogen) atoms. The third-order valence-corrected chi connectivity index (χ3v) is 1.76. The van der Waals surface area contributed by atoms with E-state index in [0.717, 1.165) is 0 Å². The minimum atomic E-state index is -0.778. The van der Waals surface area contributed by atoms with Crippen molar-refractivity contribution in [3.63, 3.8) is 0 Å². The van der Waals surface area contributed by atoms with Gasteiger partial charge in [-0.15, -0.1) is 0 Å². The number of rotatable bonds is 2. The molecule has 0 bridgehead atoms. The molecule has 0 aromatic heterocycles. The van der Waals surface area contributed by atoms with Crippen LogP contribution in [0, 0.1) is 5.41 Å². The number of ketones is 2. The summed E-state index contributed by atoms with van der Waals surface area (Å²) in [5, 5.41) is 0. The number of carbonyl (C=O) groups excluding carboxylic acids is 2. The Bertz CT molecular complexity index is 134. The maximum atomic E-state index is 10.7. The maximum absolute atomic E-state index is 10.7. The van der Waals surface area contributed by atoms with Crippen LogP contribution in [0.15, 0.2) is 0 Å². The van der Waals surface area contributed by atoms with E-state index in [0.29, 0.717) is 0 Å². The Morgan fingerprint density at radius 2 is 1.20 bits per heavy atom. The van der Waals surface area contributed by atoms with Crippen molar-refractivity contribution in [3.8, 4) is 0 Å². The normalized spacial score (nSPS) is 10.0. The molecule has 0 spiro atoms. The van der Waals surface area contributed by atoms with Crippen LogP contribution in [0.3, 0.4) is 0 Å². The highest BCUT2D eigenvalue weighted by atomic mass is 28.1. The fourth-order valence-electron chi connectivity index (χ4n) is 0.248. The van der Waals surface area contributed by atoms with E-state index in [2.05, 4.69) is 0 Å². The lowest BCUT2D eigenvalue weighted by Crippen LogP contribution is -2.29. The molecule has 0 heterocycles. The summed E-state index contributed by atoms with van der Waals surface area (Å²) in [5.41, 5.74) is -0.778. The summed E-state index contributed by atoms with van der Waals surface area (Å²) < 4.78 is 0. The third kappa shape index (κ3) is 2.43. The molecule has 0 saturated heterocycles. The van der Waals surface area contributed by atoms with Gasteiger partial charge in [0.1, 0.15) is 11.6 Å². The Balaban J connectivity index is 0. The van der Waals surface area contributed by atoms with Crippen molar-refractivity contribution in [2.24, 2.45) is 5.41 Å². The van der Waals surface area contributed by atoms with E-state index >= 15 is 0 Å². The van der Waals surface area contributed by atoms with E-state index in [1.807, 2.05) is 0 Å². The zero-order valence-corrected chi connectivity index (χ0v) is 6.32. The van der Waals surface area contributed by atoms with Crippen LogP contribution < -0.4 is 0 Å². The summed E-state index contributed by atoms with van der Waals surface area (Å²) in [7, 11) is 0. The average molecular weight is 160 g/mol. The van der Waals surface area contributed by atoms with Gasteiger partial charge in [-0.3, -0.25) is 9.59 Å². The molecule has 0 aromatic rings. The summed E-state index contributed by atoms with van der Waals surface area (Å²) in [6.45, 7) is 6.14. The molecule has 2 nitrogen and oxygen atoms in total. The first-order valence-electron chi connectivity index (χ1n) is 2.91. The van der Waals surface area contributed by atoms with Crippen molar-refractivity contribution >= 4 is 22.5 Å². The van der Waals surface area contributed by atoms with E-state index in [4.69, 9.17) is 0 Å². The van der Waals surface area contributed by atoms with Gasteiger partial charge >= 0.3 is 0 Å². The van der Waals surface area contributed by atoms with Gasteiger partial charge in [0, 0.05) is 0 Å². The largest absolute Gasteiger partial charge is 0.299 e. The standard InChI is InChI=1S/C7H12O2.H4Si/c1-5(8)7(3,4)6(2)9;/h1-4H3;1H4. The third-order valence-electron chi connectivity index (χ3n) is 1.76. The first-order chi connectivity index (χ1) is 3.89. The van der Waals surface area contributed by atoms with Crippen LogP contribution in [0.2, 0.25) is 0 Å². The number of carbonyl (C=O) groups is 2. The summed E-state index contributed by atoms with van der Waals surface area (Å²) in [6, 6.07) is 0. The molecule has 0 N–H and O–H groups in total. The van der Waals surface area contributed by atoms with E-state index < -0.39 is 5.41 Å². The highest BCUT2D eigenvalue weighted by Gasteiger charge is 2.28. The van der Waals surface area contributed by atoms with Gasteiger partial charge in [-0.05, 0) is 38.7 Å². The second-order valence-corrected chi connectivity index (χ2v) is 2.74. The van der Waals surface area contributed by atoms with Crippen molar-refractivity contribution in [1.29, 1.82) is 0 Å². The number of Topliss-reactive ketones (excluding diaryl/α,β-unsaturated/α-hetero) is 2. The Morgan fingerprint density at radius 1 is 1.00 bits per heavy atom. The van der Waals surface area contributed by atoms with E-state index in [-0.39, 0.29) is 22.5 Å². The van der Waals surface area contributed by atoms with Crippen LogP contribution in [0.5, 0.6) is 0 Å². The summed E-state index contributed by atoms with van der Waals surface area (Å²) in [5.74, 6) is -0.148. The Morgan fingerprint density at radius 3 is 1.20 bits per heavy atom. The van der Waals surface area contributed by atoms with E-state index in [1.165, 1.54) is 13.8 Å². The highest BCUT2D eigenvalue weighted by molar-refractivity contribution is 6.04. The van der Waals surface area contributed by atoms with Crippen molar-refractivity contribution < 1.29 is 9.59 Å². The van der Waals surface area contributed by atoms with Crippen LogP contribution in [-0.2, 0) is 9.59 Å². The van der Waals surface area contributed by atoms with Gasteiger partial charge in [0.25, 0.3) is 0 Å². The SMILES string of the molecule is CC(=O)C(C)(C)C(C)=O.[SiH4]. The molecule has 0 unspecified atom stereocenters. The molecule has 3 heteroatoms. The molecule has 0 aromatic carbocycles. The monoisotopic (exact) mass is 160 g/mol. The highest BCUT2D eigenvalue weighted by Crippen LogP contribution is 2.16. The van der Waals surface area contributed by atoms with Gasteiger partial charge < -0.3 is 0 Å². The molecule has 0 amide bonds. The first kappa shape index (κ1) is 12.3. The predicted octanol–water partition coefficient (Wildman–Crippen LogP) is -0.261. The summed E-state index contributed by atoms with van der Waals surface area (Å²) in [6.07, 6.45) is 0. The Hall–Kier alpha value is -0.443. The fourth-order valence-corrected chi connectivity index (χ4v) is 0.248. The van der Waals surface area contributed by atoms with E-state index in [9.17, 15) is 9.59 Å². The zero-order valence-electron chi connectivity index (χ0n) is 6.32. The lowest BCUT2D eigenvalue weighted by atomic mass is 9.85. The van der Waals surface area contributed by atoms with Crippen LogP contribution in [-0.4, -0.2) is 22.5 Å². The molecule has 0 fully saturated rings. The smallest absolute Gasteiger partial charge is 0.142 e. The molecule has 0 aliphatic carbocycles. The molecule has 0 radical (unpaired) electrons. The van der Waals surface area contributed by atoms with Crippen LogP contribution in [0.25, 0.3) is 0 Å². The summed E-state index contributed by atoms with van der Waals surface area (Å²) >= 11 is 0. The molecular weight excluding hydrogens is 144 g/mol. The predicted molar refractivity (Wildman–Crippen MR) is 46.5 cm³/mol. The fraction of sp³-hybridized carbons (Fsp3) is 0.714. The van der Waals surface area contributed by atoms with Crippen LogP contribution in [0.4, 0.5) is 0 Å². The van der Waals surface area contributed by atoms with Gasteiger partial charge in [-0.2, -0.15) is 0 Å². The van der Waals surface area contributed by atoms with Crippen molar-refractivity contribution in [2.75, 3.05) is 0 Å². The van der Waals surface area contributed by atoms with Gasteiger partial charge in [0.15, 0.2) is 0 Å². The Labute approximate surface area is 66.0 Å². The molecule has 60 valence electrons. The van der Waals surface area contributed by atoms with Crippen molar-refractivity contribution in [3.05, 3.63) is 0 Å². The first-order valence-corrected chi connectivity index (χ1v) is 2.91. The zero-order chi connectivity index (χ0) is 7.65. The van der Waals surface area contributed by atoms with Gasteiger partial charge in [0.2, 0.25) is 0 Å². The second kappa shape index (κ2) is 3.66. The van der Waals surface area contributed by atoms with E-state index in [1.54, 1.807) is 13.8 Å². The molecular formula is C7H16O2Si. The lowest BCUT2D eigenvalue weighted by Gasteiger charge is -2.15. The van der Waals surface area contributed by atoms with Gasteiger partial charge in [-0.1, -0.05) is 0 Å². The van der Waals surface area contributed by atoms with Gasteiger partial charge in [0.05, 0.1) is 5.41 Å². The molecule has 0 aliphatic rings. The average Bonchev–Trinajstić information content (AvgIpc) is 1.65. The second-order valence-electron chi connectivity index (χ2n) is 2.74. The summed E-state index contributed by atoms with van der Waals surface area (Å²) in [4.78, 5) is 21.4. The Kier molecular flexibility index (Phi) is 4.48. The number of hydrogen-bond acceptors (Lipinski definition) is 2. The topological polar surface area (TPSA) is 34.1 Å².